The molecule has 16 heavy (non-hydrogen) atoms. The highest BCUT2D eigenvalue weighted by Gasteiger charge is 2.10. The zero-order valence-corrected chi connectivity index (χ0v) is 9.18. The summed E-state index contributed by atoms with van der Waals surface area (Å²) in [5.41, 5.74) is 0.562. The van der Waals surface area contributed by atoms with Crippen molar-refractivity contribution in [1.29, 1.82) is 0 Å². The molecular weight excluding hydrogens is 236 g/mol. The molecule has 2 rings (SSSR count). The number of benzene rings is 1. The zero-order valence-electron chi connectivity index (χ0n) is 8.43. The largest absolute Gasteiger partial charge is 0.378 e. The molecule has 0 N–H and O–H groups in total. The van der Waals surface area contributed by atoms with Crippen molar-refractivity contribution in [2.45, 2.75) is 6.61 Å². The molecule has 0 aliphatic carbocycles. The van der Waals surface area contributed by atoms with E-state index in [9.17, 15) is 8.78 Å². The lowest BCUT2D eigenvalue weighted by Crippen LogP contribution is -1.96. The fourth-order valence-electron chi connectivity index (χ4n) is 1.48. The fraction of sp³-hybridized carbons (Fsp3) is 0.182. The van der Waals surface area contributed by atoms with Crippen molar-refractivity contribution in [3.8, 4) is 0 Å². The third-order valence-corrected chi connectivity index (χ3v) is 2.44. The molecule has 2 nitrogen and oxygen atoms in total. The molecule has 0 amide bonds. The van der Waals surface area contributed by atoms with E-state index >= 15 is 0 Å². The van der Waals surface area contributed by atoms with Crippen LogP contribution >= 0.6 is 11.6 Å². The Morgan fingerprint density at radius 1 is 1.31 bits per heavy atom. The average Bonchev–Trinajstić information content (AvgIpc) is 2.20. The highest BCUT2D eigenvalue weighted by Crippen LogP contribution is 2.26. The molecule has 1 heterocycles. The second-order valence-electron chi connectivity index (χ2n) is 3.31. The molecule has 0 spiro atoms. The highest BCUT2D eigenvalue weighted by atomic mass is 35.5. The van der Waals surface area contributed by atoms with Crippen LogP contribution in [0.15, 0.2) is 18.2 Å². The monoisotopic (exact) mass is 243 g/mol. The number of hydrogen-bond acceptors (Lipinski definition) is 2. The van der Waals surface area contributed by atoms with Crippen LogP contribution in [0.25, 0.3) is 10.9 Å². The fourth-order valence-corrected chi connectivity index (χ4v) is 1.75. The second kappa shape index (κ2) is 4.31. The van der Waals surface area contributed by atoms with Gasteiger partial charge in [0.25, 0.3) is 0 Å². The minimum atomic E-state index is -0.727. The van der Waals surface area contributed by atoms with Crippen LogP contribution in [-0.4, -0.2) is 12.1 Å². The molecule has 2 aromatic rings. The number of halogens is 3. The topological polar surface area (TPSA) is 22.1 Å². The molecule has 84 valence electrons. The molecule has 1 aromatic carbocycles. The number of rotatable bonds is 2. The molecule has 0 atom stereocenters. The summed E-state index contributed by atoms with van der Waals surface area (Å²) < 4.78 is 31.3. The van der Waals surface area contributed by atoms with Crippen LogP contribution in [-0.2, 0) is 11.3 Å². The Balaban J connectivity index is 2.71. The van der Waals surface area contributed by atoms with Gasteiger partial charge in [-0.1, -0.05) is 11.6 Å². The van der Waals surface area contributed by atoms with Gasteiger partial charge in [-0.15, -0.1) is 0 Å². The van der Waals surface area contributed by atoms with Crippen LogP contribution in [0.3, 0.4) is 0 Å². The minimum Gasteiger partial charge on any atom is -0.378 e. The van der Waals surface area contributed by atoms with Gasteiger partial charge in [-0.3, -0.25) is 0 Å². The van der Waals surface area contributed by atoms with E-state index in [1.807, 2.05) is 0 Å². The molecule has 5 heteroatoms. The van der Waals surface area contributed by atoms with Crippen LogP contribution in [0.2, 0.25) is 5.02 Å². The predicted molar refractivity (Wildman–Crippen MR) is 57.4 cm³/mol. The molecule has 0 aliphatic rings. The van der Waals surface area contributed by atoms with Crippen molar-refractivity contribution >= 4 is 22.5 Å². The van der Waals surface area contributed by atoms with E-state index in [4.69, 9.17) is 16.3 Å². The van der Waals surface area contributed by atoms with Gasteiger partial charge < -0.3 is 4.74 Å². The first-order valence-electron chi connectivity index (χ1n) is 4.55. The van der Waals surface area contributed by atoms with Gasteiger partial charge in [0, 0.05) is 18.6 Å². The molecule has 0 aliphatic heterocycles. The SMILES string of the molecule is COCc1cc(Cl)c2cc(F)cc(F)c2n1. The molecule has 0 saturated carbocycles. The van der Waals surface area contributed by atoms with E-state index in [1.165, 1.54) is 13.2 Å². The number of methoxy groups -OCH3 is 1. The third kappa shape index (κ3) is 1.99. The number of aromatic nitrogens is 1. The Morgan fingerprint density at radius 3 is 2.75 bits per heavy atom. The lowest BCUT2D eigenvalue weighted by atomic mass is 10.2. The van der Waals surface area contributed by atoms with E-state index < -0.39 is 11.6 Å². The molecule has 0 unspecified atom stereocenters. The standard InChI is InChI=1S/C11H8ClF2NO/c1-16-5-7-4-9(12)8-2-6(13)3-10(14)11(8)15-7/h2-4H,5H2,1H3. The molecule has 0 fully saturated rings. The maximum atomic E-state index is 13.4. The van der Waals surface area contributed by atoms with Crippen LogP contribution in [0, 0.1) is 11.6 Å². The summed E-state index contributed by atoms with van der Waals surface area (Å²) in [7, 11) is 1.50. The third-order valence-electron chi connectivity index (χ3n) is 2.13. The van der Waals surface area contributed by atoms with Gasteiger partial charge >= 0.3 is 0 Å². The van der Waals surface area contributed by atoms with Gasteiger partial charge in [0.1, 0.15) is 11.3 Å². The van der Waals surface area contributed by atoms with E-state index in [2.05, 4.69) is 4.98 Å². The van der Waals surface area contributed by atoms with Crippen molar-refractivity contribution < 1.29 is 13.5 Å². The quantitative estimate of drug-likeness (QED) is 0.807. The molecule has 1 aromatic heterocycles. The lowest BCUT2D eigenvalue weighted by Gasteiger charge is -2.05. The maximum Gasteiger partial charge on any atom is 0.152 e. The van der Waals surface area contributed by atoms with Crippen LogP contribution in [0.1, 0.15) is 5.69 Å². The molecule has 0 radical (unpaired) electrons. The van der Waals surface area contributed by atoms with Crippen LogP contribution in [0.4, 0.5) is 8.78 Å². The smallest absolute Gasteiger partial charge is 0.152 e. The minimum absolute atomic E-state index is 0.0564. The second-order valence-corrected chi connectivity index (χ2v) is 3.72. The van der Waals surface area contributed by atoms with Crippen molar-refractivity contribution in [2.75, 3.05) is 7.11 Å². The summed E-state index contributed by atoms with van der Waals surface area (Å²) in [4.78, 5) is 4.02. The molecule has 0 saturated heterocycles. The van der Waals surface area contributed by atoms with E-state index in [-0.39, 0.29) is 22.5 Å². The van der Waals surface area contributed by atoms with Crippen LogP contribution < -0.4 is 0 Å². The molecule has 0 bridgehead atoms. The highest BCUT2D eigenvalue weighted by molar-refractivity contribution is 6.35. The lowest BCUT2D eigenvalue weighted by molar-refractivity contribution is 0.182. The van der Waals surface area contributed by atoms with Crippen molar-refractivity contribution in [1.82, 2.24) is 4.98 Å². The summed E-state index contributed by atoms with van der Waals surface area (Å²) in [5, 5.41) is 0.523. The number of pyridine rings is 1. The number of hydrogen-bond donors (Lipinski definition) is 0. The van der Waals surface area contributed by atoms with Crippen molar-refractivity contribution in [3.05, 3.63) is 40.6 Å². The first-order chi connectivity index (χ1) is 7.61. The number of ether oxygens (including phenoxy) is 1. The van der Waals surface area contributed by atoms with Gasteiger partial charge in [0.05, 0.1) is 17.3 Å². The first kappa shape index (κ1) is 11.2. The summed E-state index contributed by atoms with van der Waals surface area (Å²) in [6, 6.07) is 3.47. The van der Waals surface area contributed by atoms with Crippen molar-refractivity contribution in [3.63, 3.8) is 0 Å². The van der Waals surface area contributed by atoms with Gasteiger partial charge in [-0.2, -0.15) is 0 Å². The Bertz CT molecular complexity index is 545. The predicted octanol–water partition coefficient (Wildman–Crippen LogP) is 3.31. The van der Waals surface area contributed by atoms with E-state index in [0.29, 0.717) is 5.69 Å². The zero-order chi connectivity index (χ0) is 11.7. The summed E-state index contributed by atoms with van der Waals surface area (Å²) >= 11 is 5.91. The molecular formula is C11H8ClF2NO. The Morgan fingerprint density at radius 2 is 2.06 bits per heavy atom. The summed E-state index contributed by atoms with van der Waals surface area (Å²) in [6.45, 7) is 0.229. The Labute approximate surface area is 95.8 Å². The average molecular weight is 244 g/mol. The Kier molecular flexibility index (Phi) is 3.03. The van der Waals surface area contributed by atoms with E-state index in [1.54, 1.807) is 0 Å². The van der Waals surface area contributed by atoms with Crippen LogP contribution in [0.5, 0.6) is 0 Å². The van der Waals surface area contributed by atoms with E-state index in [0.717, 1.165) is 12.1 Å². The van der Waals surface area contributed by atoms with Gasteiger partial charge in [-0.05, 0) is 12.1 Å². The number of fused-ring (bicyclic) bond motifs is 1. The van der Waals surface area contributed by atoms with Gasteiger partial charge in [-0.25, -0.2) is 13.8 Å². The van der Waals surface area contributed by atoms with Crippen molar-refractivity contribution in [2.24, 2.45) is 0 Å². The Hall–Kier alpha value is -1.26. The first-order valence-corrected chi connectivity index (χ1v) is 4.92. The number of nitrogens with zero attached hydrogens (tertiary/aromatic N) is 1. The maximum absolute atomic E-state index is 13.4. The normalized spacial score (nSPS) is 11.0. The van der Waals surface area contributed by atoms with Gasteiger partial charge in [0.2, 0.25) is 0 Å². The summed E-state index contributed by atoms with van der Waals surface area (Å²) in [5.74, 6) is -1.40. The van der Waals surface area contributed by atoms with Gasteiger partial charge in [0.15, 0.2) is 5.82 Å². The summed E-state index contributed by atoms with van der Waals surface area (Å²) in [6.07, 6.45) is 0.